The van der Waals surface area contributed by atoms with Gasteiger partial charge in [-0.25, -0.2) is 0 Å². The number of para-hydroxylation sites is 2. The maximum absolute atomic E-state index is 2.46. The molecule has 0 unspecified atom stereocenters. The molecule has 0 saturated carbocycles. The third-order valence-electron chi connectivity index (χ3n) is 12.5. The summed E-state index contributed by atoms with van der Waals surface area (Å²) in [5, 5.41) is 4.96. The highest BCUT2D eigenvalue weighted by molar-refractivity contribution is 6.12. The van der Waals surface area contributed by atoms with Gasteiger partial charge in [0.25, 0.3) is 0 Å². The van der Waals surface area contributed by atoms with Crippen LogP contribution in [-0.4, -0.2) is 9.13 Å². The van der Waals surface area contributed by atoms with Gasteiger partial charge in [-0.15, -0.1) is 0 Å². The van der Waals surface area contributed by atoms with Crippen LogP contribution in [0.1, 0.15) is 0 Å². The van der Waals surface area contributed by atoms with Crippen LogP contribution in [0.25, 0.3) is 111 Å². The van der Waals surface area contributed by atoms with Crippen LogP contribution in [0.3, 0.4) is 0 Å². The number of nitrogens with zero attached hydrogens (tertiary/aromatic N) is 2. The molecule has 0 atom stereocenters. The SMILES string of the molecule is c1ccc(-c2cccc(-c3cccc(-n4c5ccccc5c5ccc(-c6ccc7c8ccccc8n(-c8cc(-c9ccccc9)cc(-c9ccccc9)c8)c7c6)cc54)c3)c2)cc1. The average Bonchev–Trinajstić information content (AvgIpc) is 3.87. The van der Waals surface area contributed by atoms with Crippen molar-refractivity contribution in [2.75, 3.05) is 0 Å². The molecule has 0 amide bonds. The zero-order valence-electron chi connectivity index (χ0n) is 34.0. The summed E-state index contributed by atoms with van der Waals surface area (Å²) in [5.74, 6) is 0. The second-order valence-corrected chi connectivity index (χ2v) is 16.2. The fraction of sp³-hybridized carbons (Fsp3) is 0. The highest BCUT2D eigenvalue weighted by Gasteiger charge is 2.18. The minimum Gasteiger partial charge on any atom is -0.309 e. The van der Waals surface area contributed by atoms with Crippen molar-refractivity contribution in [3.63, 3.8) is 0 Å². The fourth-order valence-corrected chi connectivity index (χ4v) is 9.52. The lowest BCUT2D eigenvalue weighted by atomic mass is 9.98. The average molecular weight is 789 g/mol. The molecule has 0 aliphatic carbocycles. The molecule has 2 nitrogen and oxygen atoms in total. The molecule has 0 aliphatic heterocycles. The Labute approximate surface area is 360 Å². The van der Waals surface area contributed by atoms with Gasteiger partial charge in [0.2, 0.25) is 0 Å². The summed E-state index contributed by atoms with van der Waals surface area (Å²) >= 11 is 0. The van der Waals surface area contributed by atoms with Crippen molar-refractivity contribution in [2.45, 2.75) is 0 Å². The first-order valence-electron chi connectivity index (χ1n) is 21.3. The van der Waals surface area contributed by atoms with Crippen molar-refractivity contribution in [2.24, 2.45) is 0 Å². The first kappa shape index (κ1) is 35.7. The molecule has 290 valence electrons. The third-order valence-corrected chi connectivity index (χ3v) is 12.5. The minimum absolute atomic E-state index is 1.14. The molecule has 2 heterocycles. The van der Waals surface area contributed by atoms with Crippen molar-refractivity contribution in [1.82, 2.24) is 9.13 Å². The van der Waals surface area contributed by atoms with Crippen molar-refractivity contribution in [3.8, 4) is 67.0 Å². The van der Waals surface area contributed by atoms with E-state index in [1.807, 2.05) is 0 Å². The lowest BCUT2D eigenvalue weighted by Crippen LogP contribution is -1.96. The van der Waals surface area contributed by atoms with Gasteiger partial charge in [0.1, 0.15) is 0 Å². The molecule has 0 saturated heterocycles. The zero-order valence-corrected chi connectivity index (χ0v) is 34.0. The Morgan fingerprint density at radius 2 is 0.516 bits per heavy atom. The van der Waals surface area contributed by atoms with E-state index >= 15 is 0 Å². The summed E-state index contributed by atoms with van der Waals surface area (Å²) < 4.78 is 4.90. The normalized spacial score (nSPS) is 11.5. The molecule has 2 heteroatoms. The molecule has 0 spiro atoms. The molecule has 0 N–H and O–H groups in total. The van der Waals surface area contributed by atoms with E-state index in [9.17, 15) is 0 Å². The summed E-state index contributed by atoms with van der Waals surface area (Å²) in [6.45, 7) is 0. The molecule has 10 aromatic carbocycles. The molecule has 12 rings (SSSR count). The monoisotopic (exact) mass is 788 g/mol. The van der Waals surface area contributed by atoms with Crippen LogP contribution in [0.2, 0.25) is 0 Å². The zero-order chi connectivity index (χ0) is 41.0. The highest BCUT2D eigenvalue weighted by Crippen LogP contribution is 2.40. The highest BCUT2D eigenvalue weighted by atomic mass is 15.0. The van der Waals surface area contributed by atoms with Gasteiger partial charge in [0.15, 0.2) is 0 Å². The largest absolute Gasteiger partial charge is 0.309 e. The number of hydrogen-bond donors (Lipinski definition) is 0. The van der Waals surface area contributed by atoms with E-state index in [4.69, 9.17) is 0 Å². The van der Waals surface area contributed by atoms with Crippen LogP contribution in [0.4, 0.5) is 0 Å². The Bertz CT molecular complexity index is 3550. The number of rotatable bonds is 7. The molecular formula is C60H40N2. The molecule has 12 aromatic rings. The molecular weight excluding hydrogens is 749 g/mol. The van der Waals surface area contributed by atoms with Crippen LogP contribution in [0, 0.1) is 0 Å². The second-order valence-electron chi connectivity index (χ2n) is 16.2. The number of fused-ring (bicyclic) bond motifs is 6. The van der Waals surface area contributed by atoms with Gasteiger partial charge in [-0.05, 0) is 116 Å². The number of benzene rings is 10. The molecule has 0 fully saturated rings. The van der Waals surface area contributed by atoms with Gasteiger partial charge in [0.05, 0.1) is 22.1 Å². The van der Waals surface area contributed by atoms with Gasteiger partial charge in [-0.1, -0.05) is 182 Å². The van der Waals surface area contributed by atoms with E-state index in [1.165, 1.54) is 99.2 Å². The summed E-state index contributed by atoms with van der Waals surface area (Å²) in [6.07, 6.45) is 0. The van der Waals surface area contributed by atoms with E-state index in [1.54, 1.807) is 0 Å². The van der Waals surface area contributed by atoms with Gasteiger partial charge < -0.3 is 9.13 Å². The summed E-state index contributed by atoms with van der Waals surface area (Å²) in [6, 6.07) is 88.5. The number of aromatic nitrogens is 2. The van der Waals surface area contributed by atoms with Crippen LogP contribution >= 0.6 is 0 Å². The van der Waals surface area contributed by atoms with Crippen molar-refractivity contribution in [1.29, 1.82) is 0 Å². The van der Waals surface area contributed by atoms with Crippen LogP contribution < -0.4 is 0 Å². The third kappa shape index (κ3) is 6.12. The molecule has 0 aliphatic rings. The first-order chi connectivity index (χ1) is 30.7. The molecule has 62 heavy (non-hydrogen) atoms. The standard InChI is InChI=1S/C60H40N2/c1-4-16-41(17-5-1)44-22-14-23-45(34-44)46-24-15-25-51(36-46)61-57-28-12-10-26-53(57)55-32-30-47(39-59(55)61)48-31-33-56-54-27-11-13-29-58(54)62(60(56)40-48)52-37-49(42-18-6-2-7-19-42)35-50(38-52)43-20-8-3-9-21-43/h1-40H. The maximum atomic E-state index is 2.46. The fourth-order valence-electron chi connectivity index (χ4n) is 9.52. The van der Waals surface area contributed by atoms with E-state index in [0.29, 0.717) is 0 Å². The van der Waals surface area contributed by atoms with Gasteiger partial charge in [-0.2, -0.15) is 0 Å². The Balaban J connectivity index is 1.03. The Morgan fingerprint density at radius 1 is 0.177 bits per heavy atom. The smallest absolute Gasteiger partial charge is 0.0547 e. The summed E-state index contributed by atoms with van der Waals surface area (Å²) in [7, 11) is 0. The van der Waals surface area contributed by atoms with E-state index in [2.05, 4.69) is 252 Å². The Kier molecular flexibility index (Phi) is 8.53. The van der Waals surface area contributed by atoms with E-state index in [0.717, 1.165) is 11.4 Å². The molecule has 0 radical (unpaired) electrons. The van der Waals surface area contributed by atoms with Crippen LogP contribution in [-0.2, 0) is 0 Å². The van der Waals surface area contributed by atoms with Crippen LogP contribution in [0.5, 0.6) is 0 Å². The van der Waals surface area contributed by atoms with Gasteiger partial charge in [-0.3, -0.25) is 0 Å². The van der Waals surface area contributed by atoms with Crippen molar-refractivity contribution < 1.29 is 0 Å². The van der Waals surface area contributed by atoms with Gasteiger partial charge >= 0.3 is 0 Å². The van der Waals surface area contributed by atoms with Gasteiger partial charge in [0, 0.05) is 32.9 Å². The van der Waals surface area contributed by atoms with Crippen molar-refractivity contribution in [3.05, 3.63) is 243 Å². The topological polar surface area (TPSA) is 9.86 Å². The molecule has 0 bridgehead atoms. The predicted molar refractivity (Wildman–Crippen MR) is 262 cm³/mol. The minimum atomic E-state index is 1.14. The maximum Gasteiger partial charge on any atom is 0.0547 e. The lowest BCUT2D eigenvalue weighted by molar-refractivity contribution is 1.18. The van der Waals surface area contributed by atoms with E-state index in [-0.39, 0.29) is 0 Å². The van der Waals surface area contributed by atoms with E-state index < -0.39 is 0 Å². The lowest BCUT2D eigenvalue weighted by Gasteiger charge is -2.14. The Hall–Kier alpha value is -8.20. The van der Waals surface area contributed by atoms with Crippen LogP contribution in [0.15, 0.2) is 243 Å². The number of hydrogen-bond acceptors (Lipinski definition) is 0. The molecule has 2 aromatic heterocycles. The summed E-state index contributed by atoms with van der Waals surface area (Å²) in [4.78, 5) is 0. The Morgan fingerprint density at radius 3 is 1.05 bits per heavy atom. The second kappa shape index (κ2) is 14.8. The predicted octanol–water partition coefficient (Wildman–Crippen LogP) is 16.2. The first-order valence-corrected chi connectivity index (χ1v) is 21.3. The quantitative estimate of drug-likeness (QED) is 0.152. The van der Waals surface area contributed by atoms with Crippen molar-refractivity contribution >= 4 is 43.6 Å². The summed E-state index contributed by atoms with van der Waals surface area (Å²) in [5.41, 5.74) is 19.0.